The number of carbonyl (C=O) groups excluding carboxylic acids is 2. The Labute approximate surface area is 231 Å². The van der Waals surface area contributed by atoms with Crippen LogP contribution in [0.5, 0.6) is 23.0 Å². The van der Waals surface area contributed by atoms with Crippen LogP contribution in [0.3, 0.4) is 0 Å². The number of nitrogens with one attached hydrogen (secondary N) is 1. The number of aromatic amines is 1. The standard InChI is InChI=1S/C31H30N2O7/c1-37-20-7-5-18(6-8-20)29(34)27-28(23-11-9-22(39-3)16-26(23)40-4)33(31(36)30(27)35)14-13-19-17-32-25-12-10-21(38-2)15-24(19)25/h5-12,15-17,28,32,34H,13-14H2,1-4H3/b29-27-. The van der Waals surface area contributed by atoms with E-state index in [1.807, 2.05) is 24.4 Å². The Kier molecular flexibility index (Phi) is 7.37. The molecule has 0 saturated carbocycles. The molecule has 9 heteroatoms. The number of methoxy groups -OCH3 is 4. The summed E-state index contributed by atoms with van der Waals surface area (Å²) in [5, 5.41) is 12.4. The summed E-state index contributed by atoms with van der Waals surface area (Å²) < 4.78 is 21.6. The minimum absolute atomic E-state index is 0.0146. The van der Waals surface area contributed by atoms with Gasteiger partial charge in [0.05, 0.1) is 40.1 Å². The van der Waals surface area contributed by atoms with Crippen LogP contribution in [-0.4, -0.2) is 61.7 Å². The number of aliphatic hydroxyl groups excluding tert-OH is 1. The molecule has 1 atom stereocenters. The lowest BCUT2D eigenvalue weighted by atomic mass is 9.94. The zero-order chi connectivity index (χ0) is 28.4. The molecule has 1 fully saturated rings. The smallest absolute Gasteiger partial charge is 0.295 e. The number of hydrogen-bond acceptors (Lipinski definition) is 7. The van der Waals surface area contributed by atoms with E-state index < -0.39 is 17.7 Å². The number of ether oxygens (including phenoxy) is 4. The van der Waals surface area contributed by atoms with E-state index in [2.05, 4.69) is 4.98 Å². The van der Waals surface area contributed by atoms with Gasteiger partial charge in [0.25, 0.3) is 11.7 Å². The third kappa shape index (κ3) is 4.70. The number of likely N-dealkylation sites (tertiary alicyclic amines) is 1. The van der Waals surface area contributed by atoms with E-state index in [1.54, 1.807) is 63.8 Å². The first-order chi connectivity index (χ1) is 19.4. The summed E-state index contributed by atoms with van der Waals surface area (Å²) in [4.78, 5) is 31.7. The molecule has 0 spiro atoms. The molecule has 40 heavy (non-hydrogen) atoms. The van der Waals surface area contributed by atoms with Crippen LogP contribution in [0.1, 0.15) is 22.7 Å². The minimum Gasteiger partial charge on any atom is -0.507 e. The summed E-state index contributed by atoms with van der Waals surface area (Å²) in [5.74, 6) is 0.557. The molecular formula is C31H30N2O7. The van der Waals surface area contributed by atoms with Gasteiger partial charge in [0, 0.05) is 40.8 Å². The number of ketones is 1. The van der Waals surface area contributed by atoms with E-state index in [9.17, 15) is 14.7 Å². The quantitative estimate of drug-likeness (QED) is 0.176. The summed E-state index contributed by atoms with van der Waals surface area (Å²) in [7, 11) is 6.20. The third-order valence-electron chi connectivity index (χ3n) is 7.24. The second-order valence-electron chi connectivity index (χ2n) is 9.30. The van der Waals surface area contributed by atoms with Gasteiger partial charge in [-0.2, -0.15) is 0 Å². The molecule has 2 heterocycles. The van der Waals surface area contributed by atoms with E-state index in [1.165, 1.54) is 12.0 Å². The molecule has 1 aromatic heterocycles. The summed E-state index contributed by atoms with van der Waals surface area (Å²) in [6, 6.07) is 16.7. The van der Waals surface area contributed by atoms with Crippen LogP contribution in [0.15, 0.2) is 72.4 Å². The highest BCUT2D eigenvalue weighted by Gasteiger charge is 2.47. The predicted octanol–water partition coefficient (Wildman–Crippen LogP) is 4.87. The summed E-state index contributed by atoms with van der Waals surface area (Å²) in [6.45, 7) is 0.216. The molecule has 1 saturated heterocycles. The Bertz CT molecular complexity index is 1600. The lowest BCUT2D eigenvalue weighted by Gasteiger charge is -2.27. The minimum atomic E-state index is -0.886. The molecule has 1 aliphatic rings. The first kappa shape index (κ1) is 26.7. The molecule has 3 aromatic carbocycles. The molecule has 0 radical (unpaired) electrons. The van der Waals surface area contributed by atoms with Crippen LogP contribution in [0, 0.1) is 0 Å². The number of rotatable bonds is 9. The third-order valence-corrected chi connectivity index (χ3v) is 7.24. The first-order valence-corrected chi connectivity index (χ1v) is 12.7. The van der Waals surface area contributed by atoms with Crippen molar-refractivity contribution >= 4 is 28.4 Å². The molecule has 0 aliphatic carbocycles. The van der Waals surface area contributed by atoms with Gasteiger partial charge in [-0.15, -0.1) is 0 Å². The molecule has 1 aliphatic heterocycles. The number of Topliss-reactive ketones (excluding diaryl/α,β-unsaturated/α-hetero) is 1. The van der Waals surface area contributed by atoms with Crippen LogP contribution in [-0.2, 0) is 16.0 Å². The van der Waals surface area contributed by atoms with Crippen molar-refractivity contribution in [1.82, 2.24) is 9.88 Å². The van der Waals surface area contributed by atoms with Crippen molar-refractivity contribution in [2.45, 2.75) is 12.5 Å². The maximum absolute atomic E-state index is 13.5. The van der Waals surface area contributed by atoms with Gasteiger partial charge < -0.3 is 33.9 Å². The van der Waals surface area contributed by atoms with Crippen molar-refractivity contribution in [2.75, 3.05) is 35.0 Å². The molecule has 206 valence electrons. The van der Waals surface area contributed by atoms with E-state index >= 15 is 0 Å². The van der Waals surface area contributed by atoms with Crippen LogP contribution < -0.4 is 18.9 Å². The van der Waals surface area contributed by atoms with Gasteiger partial charge in [0.15, 0.2) is 0 Å². The Morgan fingerprint density at radius 3 is 2.17 bits per heavy atom. The molecule has 2 N–H and O–H groups in total. The van der Waals surface area contributed by atoms with Crippen molar-refractivity contribution in [1.29, 1.82) is 0 Å². The number of H-pyrrole nitrogens is 1. The highest BCUT2D eigenvalue weighted by Crippen LogP contribution is 2.44. The summed E-state index contributed by atoms with van der Waals surface area (Å²) in [6.07, 6.45) is 2.35. The molecule has 9 nitrogen and oxygen atoms in total. The zero-order valence-electron chi connectivity index (χ0n) is 22.7. The fourth-order valence-corrected chi connectivity index (χ4v) is 5.11. The van der Waals surface area contributed by atoms with Crippen molar-refractivity contribution in [2.24, 2.45) is 0 Å². The maximum atomic E-state index is 13.5. The first-order valence-electron chi connectivity index (χ1n) is 12.7. The second-order valence-corrected chi connectivity index (χ2v) is 9.30. The normalized spacial score (nSPS) is 16.4. The van der Waals surface area contributed by atoms with Crippen LogP contribution in [0.4, 0.5) is 0 Å². The Hall–Kier alpha value is -4.92. The molecule has 4 aromatic rings. The molecule has 0 bridgehead atoms. The number of benzene rings is 3. The maximum Gasteiger partial charge on any atom is 0.295 e. The molecule has 1 amide bonds. The van der Waals surface area contributed by atoms with Gasteiger partial charge >= 0.3 is 0 Å². The largest absolute Gasteiger partial charge is 0.507 e. The van der Waals surface area contributed by atoms with Crippen LogP contribution >= 0.6 is 0 Å². The van der Waals surface area contributed by atoms with Gasteiger partial charge in [-0.25, -0.2) is 0 Å². The number of amides is 1. The topological polar surface area (TPSA) is 110 Å². The second kappa shape index (κ2) is 11.1. The zero-order valence-corrected chi connectivity index (χ0v) is 22.7. The summed E-state index contributed by atoms with van der Waals surface area (Å²) in [5.41, 5.74) is 2.83. The Morgan fingerprint density at radius 1 is 0.850 bits per heavy atom. The molecular weight excluding hydrogens is 512 g/mol. The van der Waals surface area contributed by atoms with E-state index in [-0.39, 0.29) is 17.9 Å². The lowest BCUT2D eigenvalue weighted by Crippen LogP contribution is -2.31. The van der Waals surface area contributed by atoms with Gasteiger partial charge in [-0.1, -0.05) is 0 Å². The van der Waals surface area contributed by atoms with Gasteiger partial charge in [-0.3, -0.25) is 9.59 Å². The number of fused-ring (bicyclic) bond motifs is 1. The molecule has 1 unspecified atom stereocenters. The lowest BCUT2D eigenvalue weighted by molar-refractivity contribution is -0.139. The highest BCUT2D eigenvalue weighted by molar-refractivity contribution is 6.46. The van der Waals surface area contributed by atoms with Crippen molar-refractivity contribution in [3.8, 4) is 23.0 Å². The fraction of sp³-hybridized carbons (Fsp3) is 0.226. The SMILES string of the molecule is COc1ccc(/C(O)=C2/C(=O)C(=O)N(CCc3c[nH]c4ccc(OC)cc34)C2c2ccc(OC)cc2OC)cc1. The number of aromatic nitrogens is 1. The number of nitrogens with zero attached hydrogens (tertiary/aromatic N) is 1. The monoisotopic (exact) mass is 542 g/mol. The van der Waals surface area contributed by atoms with Crippen LogP contribution in [0.25, 0.3) is 16.7 Å². The number of carbonyl (C=O) groups is 2. The van der Waals surface area contributed by atoms with Gasteiger partial charge in [0.1, 0.15) is 28.8 Å². The Balaban J connectivity index is 1.60. The summed E-state index contributed by atoms with van der Waals surface area (Å²) >= 11 is 0. The average molecular weight is 543 g/mol. The number of aliphatic hydroxyl groups is 1. The van der Waals surface area contributed by atoms with Crippen molar-refractivity contribution in [3.05, 3.63) is 89.1 Å². The Morgan fingerprint density at radius 2 is 1.50 bits per heavy atom. The van der Waals surface area contributed by atoms with Crippen molar-refractivity contribution < 1.29 is 33.6 Å². The van der Waals surface area contributed by atoms with Gasteiger partial charge in [-0.05, 0) is 66.6 Å². The van der Waals surface area contributed by atoms with Crippen molar-refractivity contribution in [3.63, 3.8) is 0 Å². The van der Waals surface area contributed by atoms with E-state index in [4.69, 9.17) is 18.9 Å². The fourth-order valence-electron chi connectivity index (χ4n) is 5.11. The van der Waals surface area contributed by atoms with Crippen LogP contribution in [0.2, 0.25) is 0 Å². The number of hydrogen-bond donors (Lipinski definition) is 2. The average Bonchev–Trinajstić information content (AvgIpc) is 3.52. The molecule has 5 rings (SSSR count). The predicted molar refractivity (Wildman–Crippen MR) is 150 cm³/mol. The highest BCUT2D eigenvalue weighted by atomic mass is 16.5. The van der Waals surface area contributed by atoms with E-state index in [0.717, 1.165) is 22.2 Å². The van der Waals surface area contributed by atoms with E-state index in [0.29, 0.717) is 34.8 Å². The van der Waals surface area contributed by atoms with Gasteiger partial charge in [0.2, 0.25) is 0 Å².